The van der Waals surface area contributed by atoms with E-state index in [4.69, 9.17) is 0 Å². The van der Waals surface area contributed by atoms with Crippen LogP contribution in [0.1, 0.15) is 25.8 Å². The van der Waals surface area contributed by atoms with Gasteiger partial charge in [-0.2, -0.15) is 0 Å². The van der Waals surface area contributed by atoms with Crippen LogP contribution in [0.25, 0.3) is 0 Å². The van der Waals surface area contributed by atoms with Crippen molar-refractivity contribution in [3.63, 3.8) is 0 Å². The Morgan fingerprint density at radius 3 is 2.60 bits per heavy atom. The molecule has 1 N–H and O–H groups in total. The van der Waals surface area contributed by atoms with Crippen LogP contribution in [0.3, 0.4) is 0 Å². The third-order valence-corrected chi connectivity index (χ3v) is 3.78. The van der Waals surface area contributed by atoms with Crippen molar-refractivity contribution < 1.29 is 9.50 Å². The fraction of sp³-hybridized carbons (Fsp3) is 0.538. The summed E-state index contributed by atoms with van der Waals surface area (Å²) in [5.41, 5.74) is 0.652. The van der Waals surface area contributed by atoms with E-state index in [9.17, 15) is 9.50 Å². The molecule has 1 aliphatic carbocycles. The molecule has 0 heterocycles. The van der Waals surface area contributed by atoms with Crippen LogP contribution in [0.15, 0.2) is 24.3 Å². The molecule has 0 bridgehead atoms. The number of aliphatic hydroxyl groups is 1. The zero-order valence-electron chi connectivity index (χ0n) is 9.20. The summed E-state index contributed by atoms with van der Waals surface area (Å²) in [6, 6.07) is 6.94. The molecule has 1 saturated carbocycles. The molecule has 82 valence electrons. The second-order valence-corrected chi connectivity index (χ2v) is 4.76. The number of rotatable bonds is 3. The molecule has 0 amide bonds. The largest absolute Gasteiger partial charge is 0.396 e. The van der Waals surface area contributed by atoms with E-state index in [1.807, 2.05) is 12.1 Å². The Kier molecular flexibility index (Phi) is 2.55. The SMILES string of the molecule is CC(C)C1(c2ccccc2F)CC1CO. The zero-order valence-corrected chi connectivity index (χ0v) is 9.20. The van der Waals surface area contributed by atoms with Gasteiger partial charge in [0.15, 0.2) is 0 Å². The van der Waals surface area contributed by atoms with Crippen LogP contribution in [-0.4, -0.2) is 11.7 Å². The van der Waals surface area contributed by atoms with E-state index >= 15 is 0 Å². The van der Waals surface area contributed by atoms with E-state index in [2.05, 4.69) is 13.8 Å². The summed E-state index contributed by atoms with van der Waals surface area (Å²) in [4.78, 5) is 0. The maximum absolute atomic E-state index is 13.7. The maximum Gasteiger partial charge on any atom is 0.126 e. The van der Waals surface area contributed by atoms with Crippen molar-refractivity contribution in [1.29, 1.82) is 0 Å². The average Bonchev–Trinajstić information content (AvgIpc) is 2.94. The molecule has 2 atom stereocenters. The van der Waals surface area contributed by atoms with Gasteiger partial charge in [-0.1, -0.05) is 32.0 Å². The van der Waals surface area contributed by atoms with Crippen LogP contribution >= 0.6 is 0 Å². The maximum atomic E-state index is 13.7. The lowest BCUT2D eigenvalue weighted by molar-refractivity contribution is 0.250. The summed E-state index contributed by atoms with van der Waals surface area (Å²) in [6.07, 6.45) is 0.905. The van der Waals surface area contributed by atoms with Crippen LogP contribution < -0.4 is 0 Å². The molecule has 1 nitrogen and oxygen atoms in total. The molecule has 1 aliphatic rings. The number of halogens is 1. The number of hydrogen-bond acceptors (Lipinski definition) is 1. The first kappa shape index (κ1) is 10.6. The van der Waals surface area contributed by atoms with E-state index in [0.29, 0.717) is 5.92 Å². The molecular weight excluding hydrogens is 191 g/mol. The van der Waals surface area contributed by atoms with Gasteiger partial charge in [-0.3, -0.25) is 0 Å². The van der Waals surface area contributed by atoms with E-state index < -0.39 is 0 Å². The number of benzene rings is 1. The Labute approximate surface area is 89.9 Å². The smallest absolute Gasteiger partial charge is 0.126 e. The van der Waals surface area contributed by atoms with Crippen molar-refractivity contribution in [2.45, 2.75) is 25.7 Å². The Bertz CT molecular complexity index is 361. The Hall–Kier alpha value is -0.890. The summed E-state index contributed by atoms with van der Waals surface area (Å²) in [5.74, 6) is 0.461. The topological polar surface area (TPSA) is 20.2 Å². The van der Waals surface area contributed by atoms with E-state index in [-0.39, 0.29) is 23.8 Å². The highest BCUT2D eigenvalue weighted by Gasteiger charge is 2.57. The second kappa shape index (κ2) is 3.60. The third-order valence-electron chi connectivity index (χ3n) is 3.78. The zero-order chi connectivity index (χ0) is 11.1. The molecule has 0 spiro atoms. The Balaban J connectivity index is 2.40. The minimum atomic E-state index is -0.137. The second-order valence-electron chi connectivity index (χ2n) is 4.76. The molecule has 15 heavy (non-hydrogen) atoms. The van der Waals surface area contributed by atoms with Crippen molar-refractivity contribution in [2.75, 3.05) is 6.61 Å². The van der Waals surface area contributed by atoms with Gasteiger partial charge in [0, 0.05) is 12.0 Å². The molecule has 0 aliphatic heterocycles. The highest BCUT2D eigenvalue weighted by Crippen LogP contribution is 2.59. The fourth-order valence-electron chi connectivity index (χ4n) is 2.76. The summed E-state index contributed by atoms with van der Waals surface area (Å²) in [5, 5.41) is 9.22. The minimum Gasteiger partial charge on any atom is -0.396 e. The quantitative estimate of drug-likeness (QED) is 0.809. The molecule has 2 unspecified atom stereocenters. The average molecular weight is 208 g/mol. The lowest BCUT2D eigenvalue weighted by Crippen LogP contribution is -2.20. The standard InChI is InChI=1S/C13H17FO/c1-9(2)13(7-10(13)8-15)11-5-3-4-6-12(11)14/h3-6,9-10,15H,7-8H2,1-2H3. The van der Waals surface area contributed by atoms with Crippen LogP contribution in [0.4, 0.5) is 4.39 Å². The van der Waals surface area contributed by atoms with Gasteiger partial charge in [0.05, 0.1) is 0 Å². The first-order valence-electron chi connectivity index (χ1n) is 5.48. The molecular formula is C13H17FO. The summed E-state index contributed by atoms with van der Waals surface area (Å²) >= 11 is 0. The van der Waals surface area contributed by atoms with Gasteiger partial charge in [-0.15, -0.1) is 0 Å². The lowest BCUT2D eigenvalue weighted by atomic mass is 9.82. The molecule has 1 aromatic rings. The normalized spacial score (nSPS) is 29.5. The molecule has 1 aromatic carbocycles. The van der Waals surface area contributed by atoms with Gasteiger partial charge >= 0.3 is 0 Å². The monoisotopic (exact) mass is 208 g/mol. The highest BCUT2D eigenvalue weighted by atomic mass is 19.1. The molecule has 0 aromatic heterocycles. The van der Waals surface area contributed by atoms with Gasteiger partial charge in [-0.25, -0.2) is 4.39 Å². The Morgan fingerprint density at radius 2 is 2.13 bits per heavy atom. The predicted molar refractivity (Wildman–Crippen MR) is 58.1 cm³/mol. The highest BCUT2D eigenvalue weighted by molar-refractivity contribution is 5.35. The van der Waals surface area contributed by atoms with Crippen molar-refractivity contribution in [3.05, 3.63) is 35.6 Å². The van der Waals surface area contributed by atoms with Gasteiger partial charge in [-0.05, 0) is 29.9 Å². The van der Waals surface area contributed by atoms with Gasteiger partial charge in [0.2, 0.25) is 0 Å². The minimum absolute atomic E-state index is 0.125. The summed E-state index contributed by atoms with van der Waals surface area (Å²) in [7, 11) is 0. The molecule has 2 heteroatoms. The predicted octanol–water partition coefficient (Wildman–Crippen LogP) is 2.73. The van der Waals surface area contributed by atoms with Crippen LogP contribution in [-0.2, 0) is 5.41 Å². The van der Waals surface area contributed by atoms with Crippen LogP contribution in [0, 0.1) is 17.7 Å². The summed E-state index contributed by atoms with van der Waals surface area (Å²) < 4.78 is 13.7. The van der Waals surface area contributed by atoms with Crippen molar-refractivity contribution in [3.8, 4) is 0 Å². The van der Waals surface area contributed by atoms with Crippen LogP contribution in [0.2, 0.25) is 0 Å². The first-order chi connectivity index (χ1) is 7.13. The molecule has 2 rings (SSSR count). The van der Waals surface area contributed by atoms with Crippen molar-refractivity contribution in [2.24, 2.45) is 11.8 Å². The Morgan fingerprint density at radius 1 is 1.47 bits per heavy atom. The summed E-state index contributed by atoms with van der Waals surface area (Å²) in [6.45, 7) is 4.36. The fourth-order valence-corrected chi connectivity index (χ4v) is 2.76. The van der Waals surface area contributed by atoms with E-state index in [1.165, 1.54) is 6.07 Å². The third kappa shape index (κ3) is 1.48. The first-order valence-corrected chi connectivity index (χ1v) is 5.48. The number of aliphatic hydroxyl groups excluding tert-OH is 1. The molecule has 1 fully saturated rings. The van der Waals surface area contributed by atoms with Gasteiger partial charge in [0.1, 0.15) is 5.82 Å². The van der Waals surface area contributed by atoms with E-state index in [1.54, 1.807) is 6.07 Å². The van der Waals surface area contributed by atoms with Gasteiger partial charge < -0.3 is 5.11 Å². The van der Waals surface area contributed by atoms with Crippen molar-refractivity contribution >= 4 is 0 Å². The van der Waals surface area contributed by atoms with E-state index in [0.717, 1.165) is 12.0 Å². The van der Waals surface area contributed by atoms with Crippen LogP contribution in [0.5, 0.6) is 0 Å². The van der Waals surface area contributed by atoms with Crippen molar-refractivity contribution in [1.82, 2.24) is 0 Å². The molecule has 0 saturated heterocycles. The van der Waals surface area contributed by atoms with Gasteiger partial charge in [0.25, 0.3) is 0 Å². The molecule has 0 radical (unpaired) electrons. The number of hydrogen-bond donors (Lipinski definition) is 1. The lowest BCUT2D eigenvalue weighted by Gasteiger charge is -2.22.